The van der Waals surface area contributed by atoms with E-state index >= 15 is 0 Å². The van der Waals surface area contributed by atoms with E-state index in [4.69, 9.17) is 27.9 Å². The highest BCUT2D eigenvalue weighted by Gasteiger charge is 2.10. The van der Waals surface area contributed by atoms with Crippen LogP contribution in [0.15, 0.2) is 59.7 Å². The van der Waals surface area contributed by atoms with Gasteiger partial charge in [0.1, 0.15) is 11.5 Å². The maximum atomic E-state index is 12.0. The van der Waals surface area contributed by atoms with Crippen molar-refractivity contribution in [3.8, 4) is 11.5 Å². The summed E-state index contributed by atoms with van der Waals surface area (Å²) >= 11 is 11.8. The van der Waals surface area contributed by atoms with Gasteiger partial charge in [0.2, 0.25) is 0 Å². The lowest BCUT2D eigenvalue weighted by atomic mass is 10.0. The number of hydrogen-bond acceptors (Lipinski definition) is 4. The molecule has 0 heterocycles. The number of carbonyl (C=O) groups excluding carboxylic acids is 1. The van der Waals surface area contributed by atoms with Crippen LogP contribution in [0.2, 0.25) is 10.0 Å². The molecule has 2 N–H and O–H groups in total. The first-order valence-electron chi connectivity index (χ1n) is 8.08. The quantitative estimate of drug-likeness (QED) is 0.476. The number of carbonyl (C=O) groups is 1. The van der Waals surface area contributed by atoms with E-state index < -0.39 is 5.91 Å². The van der Waals surface area contributed by atoms with E-state index in [-0.39, 0.29) is 12.4 Å². The lowest BCUT2D eigenvalue weighted by Gasteiger charge is -2.09. The fraction of sp³-hybridized carbons (Fsp3) is 0.100. The van der Waals surface area contributed by atoms with Crippen molar-refractivity contribution in [3.05, 3.63) is 70.2 Å². The average molecular weight is 403 g/mol. The minimum absolute atomic E-state index is 0.118. The second-order valence-corrected chi connectivity index (χ2v) is 6.62. The monoisotopic (exact) mass is 402 g/mol. The summed E-state index contributed by atoms with van der Waals surface area (Å²) in [4.78, 5) is 12.0. The van der Waals surface area contributed by atoms with Crippen molar-refractivity contribution >= 4 is 45.6 Å². The van der Waals surface area contributed by atoms with Crippen LogP contribution in [0.3, 0.4) is 0 Å². The Hall–Kier alpha value is -2.76. The van der Waals surface area contributed by atoms with Crippen LogP contribution in [0.4, 0.5) is 0 Å². The van der Waals surface area contributed by atoms with Gasteiger partial charge in [-0.2, -0.15) is 5.10 Å². The summed E-state index contributed by atoms with van der Waals surface area (Å²) in [5, 5.41) is 16.9. The van der Waals surface area contributed by atoms with E-state index in [0.717, 1.165) is 10.8 Å². The van der Waals surface area contributed by atoms with Gasteiger partial charge >= 0.3 is 0 Å². The van der Waals surface area contributed by atoms with Gasteiger partial charge in [-0.1, -0.05) is 53.5 Å². The van der Waals surface area contributed by atoms with Gasteiger partial charge in [0.05, 0.1) is 10.7 Å². The normalized spacial score (nSPS) is 11.4. The molecule has 0 aliphatic rings. The zero-order valence-electron chi connectivity index (χ0n) is 14.4. The summed E-state index contributed by atoms with van der Waals surface area (Å²) in [6.45, 7) is 1.43. The van der Waals surface area contributed by atoms with Crippen molar-refractivity contribution in [1.29, 1.82) is 0 Å². The molecule has 7 heteroatoms. The molecule has 1 amide bonds. The molecule has 0 fully saturated rings. The summed E-state index contributed by atoms with van der Waals surface area (Å²) < 4.78 is 5.35. The van der Waals surface area contributed by atoms with Gasteiger partial charge in [-0.25, -0.2) is 5.43 Å². The number of nitrogens with zero attached hydrogens (tertiary/aromatic N) is 1. The molecule has 0 bridgehead atoms. The number of halogens is 2. The predicted molar refractivity (Wildman–Crippen MR) is 108 cm³/mol. The third-order valence-corrected chi connectivity index (χ3v) is 4.42. The van der Waals surface area contributed by atoms with Crippen LogP contribution in [0.1, 0.15) is 12.5 Å². The van der Waals surface area contributed by atoms with E-state index in [1.54, 1.807) is 25.1 Å². The van der Waals surface area contributed by atoms with Crippen molar-refractivity contribution in [2.24, 2.45) is 5.10 Å². The number of aromatic hydroxyl groups is 1. The average Bonchev–Trinajstić information content (AvgIpc) is 2.66. The number of phenolic OH excluding ortho intramolecular Hbond substituents is 1. The molecule has 0 atom stereocenters. The fourth-order valence-corrected chi connectivity index (χ4v) is 2.98. The molecular weight excluding hydrogens is 387 g/mol. The fourth-order valence-electron chi connectivity index (χ4n) is 2.52. The highest BCUT2D eigenvalue weighted by molar-refractivity contribution is 6.35. The molecule has 0 unspecified atom stereocenters. The molecule has 0 spiro atoms. The highest BCUT2D eigenvalue weighted by Crippen LogP contribution is 2.29. The molecule has 138 valence electrons. The summed E-state index contributed by atoms with van der Waals surface area (Å²) in [7, 11) is 0. The lowest BCUT2D eigenvalue weighted by Crippen LogP contribution is -2.25. The van der Waals surface area contributed by atoms with Crippen LogP contribution in [0.5, 0.6) is 11.5 Å². The van der Waals surface area contributed by atoms with Crippen molar-refractivity contribution in [2.75, 3.05) is 6.61 Å². The first-order chi connectivity index (χ1) is 13.0. The zero-order chi connectivity index (χ0) is 19.4. The number of nitrogens with one attached hydrogen (secondary N) is 1. The number of fused-ring (bicyclic) bond motifs is 1. The van der Waals surface area contributed by atoms with Gasteiger partial charge in [0.25, 0.3) is 5.91 Å². The number of benzene rings is 3. The predicted octanol–water partition coefficient (Wildman–Crippen LogP) is 4.77. The van der Waals surface area contributed by atoms with E-state index in [9.17, 15) is 9.90 Å². The molecule has 3 aromatic carbocycles. The van der Waals surface area contributed by atoms with Crippen LogP contribution in [-0.4, -0.2) is 23.3 Å². The highest BCUT2D eigenvalue weighted by atomic mass is 35.5. The molecule has 3 rings (SSSR count). The molecule has 5 nitrogen and oxygen atoms in total. The van der Waals surface area contributed by atoms with Crippen molar-refractivity contribution in [1.82, 2.24) is 5.43 Å². The van der Waals surface area contributed by atoms with Crippen LogP contribution >= 0.6 is 23.2 Å². The minimum atomic E-state index is -0.458. The number of hydrogen-bond donors (Lipinski definition) is 2. The van der Waals surface area contributed by atoms with E-state index in [0.29, 0.717) is 27.1 Å². The first kappa shape index (κ1) is 19.0. The number of amides is 1. The number of hydrazone groups is 1. The summed E-state index contributed by atoms with van der Waals surface area (Å²) in [5.74, 6) is 0.0116. The van der Waals surface area contributed by atoms with E-state index in [1.165, 1.54) is 6.07 Å². The molecule has 3 aromatic rings. The molecule has 0 aromatic heterocycles. The summed E-state index contributed by atoms with van der Waals surface area (Å²) in [6.07, 6.45) is 0. The maximum absolute atomic E-state index is 12.0. The van der Waals surface area contributed by atoms with Crippen LogP contribution < -0.4 is 10.2 Å². The van der Waals surface area contributed by atoms with Gasteiger partial charge in [-0.15, -0.1) is 0 Å². The molecule has 0 aliphatic carbocycles. The Morgan fingerprint density at radius 1 is 1.15 bits per heavy atom. The zero-order valence-corrected chi connectivity index (χ0v) is 15.9. The maximum Gasteiger partial charge on any atom is 0.277 e. The second kappa shape index (κ2) is 8.29. The van der Waals surface area contributed by atoms with Crippen molar-refractivity contribution in [3.63, 3.8) is 0 Å². The molecule has 27 heavy (non-hydrogen) atoms. The number of phenols is 1. The van der Waals surface area contributed by atoms with Crippen LogP contribution in [0, 0.1) is 0 Å². The Morgan fingerprint density at radius 3 is 2.70 bits per heavy atom. The van der Waals surface area contributed by atoms with Gasteiger partial charge < -0.3 is 9.84 Å². The Labute approximate surface area is 166 Å². The standard InChI is InChI=1S/C20H16Cl2N2O3/c1-12(15-8-6-13-4-2-3-5-16(13)20(15)26)23-24-19(25)11-27-18-9-7-14(21)10-17(18)22/h2-10,26H,11H2,1H3,(H,24,25)/b23-12+. The van der Waals surface area contributed by atoms with Crippen molar-refractivity contribution in [2.45, 2.75) is 6.92 Å². The molecule has 0 radical (unpaired) electrons. The minimum Gasteiger partial charge on any atom is -0.507 e. The van der Waals surface area contributed by atoms with Crippen molar-refractivity contribution < 1.29 is 14.6 Å². The summed E-state index contributed by atoms with van der Waals surface area (Å²) in [6, 6.07) is 15.8. The van der Waals surface area contributed by atoms with Gasteiger partial charge in [0.15, 0.2) is 6.61 Å². The third-order valence-electron chi connectivity index (χ3n) is 3.89. The van der Waals surface area contributed by atoms with Crippen LogP contribution in [0.25, 0.3) is 10.8 Å². The second-order valence-electron chi connectivity index (χ2n) is 5.78. The Kier molecular flexibility index (Phi) is 5.84. The topological polar surface area (TPSA) is 70.9 Å². The Bertz CT molecular complexity index is 1030. The summed E-state index contributed by atoms with van der Waals surface area (Å²) in [5.41, 5.74) is 3.41. The molecule has 0 saturated carbocycles. The number of rotatable bonds is 5. The Balaban J connectivity index is 1.66. The largest absolute Gasteiger partial charge is 0.507 e. The van der Waals surface area contributed by atoms with Gasteiger partial charge in [-0.3, -0.25) is 4.79 Å². The van der Waals surface area contributed by atoms with Gasteiger partial charge in [0, 0.05) is 16.0 Å². The number of ether oxygens (including phenoxy) is 1. The molecule has 0 aliphatic heterocycles. The Morgan fingerprint density at radius 2 is 1.93 bits per heavy atom. The van der Waals surface area contributed by atoms with Crippen LogP contribution in [-0.2, 0) is 4.79 Å². The van der Waals surface area contributed by atoms with E-state index in [1.807, 2.05) is 30.3 Å². The third kappa shape index (κ3) is 4.51. The first-order valence-corrected chi connectivity index (χ1v) is 8.83. The molecular formula is C20H16Cl2N2O3. The molecule has 0 saturated heterocycles. The smallest absolute Gasteiger partial charge is 0.277 e. The SMILES string of the molecule is C/C(=N\NC(=O)COc1ccc(Cl)cc1Cl)c1ccc2ccccc2c1O. The lowest BCUT2D eigenvalue weighted by molar-refractivity contribution is -0.123. The van der Waals surface area contributed by atoms with E-state index in [2.05, 4.69) is 10.5 Å². The van der Waals surface area contributed by atoms with Gasteiger partial charge in [-0.05, 0) is 36.6 Å².